The number of methoxy groups -OCH3 is 1. The molecule has 0 atom stereocenters. The predicted octanol–water partition coefficient (Wildman–Crippen LogP) is 5.11. The van der Waals surface area contributed by atoms with Crippen molar-refractivity contribution in [2.24, 2.45) is 0 Å². The summed E-state index contributed by atoms with van der Waals surface area (Å²) in [5.74, 6) is 0.714. The molecule has 0 aliphatic rings. The van der Waals surface area contributed by atoms with Gasteiger partial charge in [0.25, 0.3) is 0 Å². The second kappa shape index (κ2) is 5.24. The Labute approximate surface area is 134 Å². The molecule has 6 heteroatoms. The fraction of sp³-hybridized carbons (Fsp3) is 0.0714. The molecule has 3 nitrogen and oxygen atoms in total. The van der Waals surface area contributed by atoms with E-state index in [0.717, 1.165) is 21.2 Å². The molecule has 0 amide bonds. The van der Waals surface area contributed by atoms with Crippen LogP contribution < -0.4 is 4.74 Å². The number of aromatic amines is 1. The zero-order valence-corrected chi connectivity index (χ0v) is 13.6. The Morgan fingerprint density at radius 2 is 2.05 bits per heavy atom. The number of hydrogen-bond donors (Lipinski definition) is 1. The van der Waals surface area contributed by atoms with E-state index in [1.54, 1.807) is 13.2 Å². The minimum Gasteiger partial charge on any atom is -0.495 e. The van der Waals surface area contributed by atoms with Crippen molar-refractivity contribution < 1.29 is 4.74 Å². The van der Waals surface area contributed by atoms with Gasteiger partial charge in [-0.25, -0.2) is 0 Å². The molecule has 1 N–H and O–H groups in total. The van der Waals surface area contributed by atoms with Crippen LogP contribution in [0.3, 0.4) is 0 Å². The molecule has 102 valence electrons. The second-order valence-electron chi connectivity index (χ2n) is 4.24. The summed E-state index contributed by atoms with van der Waals surface area (Å²) < 4.78 is 8.90. The van der Waals surface area contributed by atoms with Crippen molar-refractivity contribution in [1.82, 2.24) is 9.55 Å². The van der Waals surface area contributed by atoms with E-state index in [9.17, 15) is 0 Å². The normalized spacial score (nSPS) is 10.9. The van der Waals surface area contributed by atoms with Crippen molar-refractivity contribution in [3.05, 3.63) is 50.7 Å². The van der Waals surface area contributed by atoms with Crippen molar-refractivity contribution in [3.63, 3.8) is 0 Å². The van der Waals surface area contributed by atoms with Gasteiger partial charge in [-0.1, -0.05) is 27.5 Å². The molecular weight excluding hydrogens is 360 g/mol. The molecule has 0 saturated heterocycles. The van der Waals surface area contributed by atoms with Gasteiger partial charge in [0, 0.05) is 9.50 Å². The molecule has 1 heterocycles. The lowest BCUT2D eigenvalue weighted by atomic mass is 10.2. The molecule has 0 spiro atoms. The van der Waals surface area contributed by atoms with E-state index >= 15 is 0 Å². The lowest BCUT2D eigenvalue weighted by molar-refractivity contribution is 0.413. The van der Waals surface area contributed by atoms with Crippen molar-refractivity contribution in [2.75, 3.05) is 7.11 Å². The molecular formula is C14H10BrClN2OS. The number of ether oxygens (including phenoxy) is 1. The first-order valence-corrected chi connectivity index (χ1v) is 7.42. The average molecular weight is 370 g/mol. The van der Waals surface area contributed by atoms with Crippen LogP contribution in [0.5, 0.6) is 5.75 Å². The highest BCUT2D eigenvalue weighted by atomic mass is 79.9. The van der Waals surface area contributed by atoms with Crippen LogP contribution in [0, 0.1) is 4.77 Å². The fourth-order valence-corrected chi connectivity index (χ4v) is 2.98. The van der Waals surface area contributed by atoms with E-state index in [1.807, 2.05) is 34.9 Å². The third-order valence-electron chi connectivity index (χ3n) is 3.03. The van der Waals surface area contributed by atoms with Crippen molar-refractivity contribution in [3.8, 4) is 11.4 Å². The molecule has 0 aliphatic heterocycles. The first kappa shape index (κ1) is 13.7. The Morgan fingerprint density at radius 1 is 1.25 bits per heavy atom. The minimum absolute atomic E-state index is 0.596. The van der Waals surface area contributed by atoms with Crippen LogP contribution in [-0.2, 0) is 0 Å². The van der Waals surface area contributed by atoms with Gasteiger partial charge < -0.3 is 9.72 Å². The second-order valence-corrected chi connectivity index (χ2v) is 5.98. The number of imidazole rings is 1. The maximum absolute atomic E-state index is 6.10. The number of fused-ring (bicyclic) bond motifs is 1. The standard InChI is InChI=1S/C14H10BrClN2OS/c1-19-13-5-3-9(16)7-12(13)18-11-6-8(15)2-4-10(11)17-14(18)20/h2-7H,1H3,(H,17,20). The van der Waals surface area contributed by atoms with Gasteiger partial charge in [0.2, 0.25) is 0 Å². The van der Waals surface area contributed by atoms with E-state index in [4.69, 9.17) is 28.6 Å². The van der Waals surface area contributed by atoms with Crippen LogP contribution >= 0.6 is 39.7 Å². The van der Waals surface area contributed by atoms with E-state index in [2.05, 4.69) is 20.9 Å². The third kappa shape index (κ3) is 2.26. The van der Waals surface area contributed by atoms with E-state index in [1.165, 1.54) is 0 Å². The van der Waals surface area contributed by atoms with Gasteiger partial charge >= 0.3 is 0 Å². The lowest BCUT2D eigenvalue weighted by Crippen LogP contribution is -1.98. The molecule has 3 rings (SSSR count). The molecule has 0 fully saturated rings. The zero-order valence-electron chi connectivity index (χ0n) is 10.5. The largest absolute Gasteiger partial charge is 0.495 e. The summed E-state index contributed by atoms with van der Waals surface area (Å²) in [6, 6.07) is 11.4. The first-order chi connectivity index (χ1) is 9.60. The van der Waals surface area contributed by atoms with Crippen LogP contribution in [0.25, 0.3) is 16.7 Å². The van der Waals surface area contributed by atoms with E-state index < -0.39 is 0 Å². The van der Waals surface area contributed by atoms with Crippen LogP contribution in [-0.4, -0.2) is 16.7 Å². The molecule has 0 radical (unpaired) electrons. The van der Waals surface area contributed by atoms with Gasteiger partial charge in [-0.3, -0.25) is 4.57 Å². The van der Waals surface area contributed by atoms with Gasteiger partial charge in [-0.2, -0.15) is 0 Å². The number of rotatable bonds is 2. The number of halogens is 2. The highest BCUT2D eigenvalue weighted by molar-refractivity contribution is 9.10. The van der Waals surface area contributed by atoms with Gasteiger partial charge in [-0.15, -0.1) is 0 Å². The molecule has 0 saturated carbocycles. The number of nitrogens with zero attached hydrogens (tertiary/aromatic N) is 1. The van der Waals surface area contributed by atoms with Crippen molar-refractivity contribution in [2.45, 2.75) is 0 Å². The summed E-state index contributed by atoms with van der Waals surface area (Å²) in [5.41, 5.74) is 2.74. The highest BCUT2D eigenvalue weighted by Crippen LogP contribution is 2.30. The molecule has 20 heavy (non-hydrogen) atoms. The number of hydrogen-bond acceptors (Lipinski definition) is 2. The van der Waals surface area contributed by atoms with Crippen LogP contribution in [0.15, 0.2) is 40.9 Å². The van der Waals surface area contributed by atoms with E-state index in [-0.39, 0.29) is 0 Å². The Hall–Kier alpha value is -1.30. The fourth-order valence-electron chi connectivity index (χ4n) is 2.15. The predicted molar refractivity (Wildman–Crippen MR) is 87.7 cm³/mol. The minimum atomic E-state index is 0.596. The zero-order chi connectivity index (χ0) is 14.3. The Balaban J connectivity index is 2.40. The van der Waals surface area contributed by atoms with Crippen molar-refractivity contribution in [1.29, 1.82) is 0 Å². The maximum Gasteiger partial charge on any atom is 0.182 e. The van der Waals surface area contributed by atoms with Crippen LogP contribution in [0.4, 0.5) is 0 Å². The number of benzene rings is 2. The smallest absolute Gasteiger partial charge is 0.182 e. The van der Waals surface area contributed by atoms with Gasteiger partial charge in [0.05, 0.1) is 23.8 Å². The van der Waals surface area contributed by atoms with Gasteiger partial charge in [0.15, 0.2) is 4.77 Å². The lowest BCUT2D eigenvalue weighted by Gasteiger charge is -2.11. The van der Waals surface area contributed by atoms with Gasteiger partial charge in [0.1, 0.15) is 5.75 Å². The molecule has 2 aromatic carbocycles. The highest BCUT2D eigenvalue weighted by Gasteiger charge is 2.12. The van der Waals surface area contributed by atoms with Crippen LogP contribution in [0.2, 0.25) is 5.02 Å². The Morgan fingerprint density at radius 3 is 2.80 bits per heavy atom. The van der Waals surface area contributed by atoms with Gasteiger partial charge in [-0.05, 0) is 48.6 Å². The number of H-pyrrole nitrogens is 1. The van der Waals surface area contributed by atoms with Crippen LogP contribution in [0.1, 0.15) is 0 Å². The van der Waals surface area contributed by atoms with Crippen molar-refractivity contribution >= 4 is 50.8 Å². The monoisotopic (exact) mass is 368 g/mol. The third-order valence-corrected chi connectivity index (χ3v) is 4.04. The molecule has 0 aliphatic carbocycles. The summed E-state index contributed by atoms with van der Waals surface area (Å²) >= 11 is 15.0. The topological polar surface area (TPSA) is 29.9 Å². The SMILES string of the molecule is COc1ccc(Cl)cc1-n1c(=S)[nH]c2ccc(Br)cc21. The molecule has 3 aromatic rings. The maximum atomic E-state index is 6.10. The average Bonchev–Trinajstić information content (AvgIpc) is 2.74. The number of nitrogens with one attached hydrogen (secondary N) is 1. The first-order valence-electron chi connectivity index (χ1n) is 5.84. The van der Waals surface area contributed by atoms with E-state index in [0.29, 0.717) is 15.5 Å². The molecule has 1 aromatic heterocycles. The number of aromatic nitrogens is 2. The summed E-state index contributed by atoms with van der Waals surface area (Å²) in [5, 5.41) is 0.632. The Kier molecular flexibility index (Phi) is 3.58. The summed E-state index contributed by atoms with van der Waals surface area (Å²) in [6.45, 7) is 0. The quantitative estimate of drug-likeness (QED) is 0.636. The summed E-state index contributed by atoms with van der Waals surface area (Å²) in [7, 11) is 1.63. The molecule has 0 unspecified atom stereocenters. The summed E-state index contributed by atoms with van der Waals surface area (Å²) in [4.78, 5) is 3.18. The molecule has 0 bridgehead atoms. The summed E-state index contributed by atoms with van der Waals surface area (Å²) in [6.07, 6.45) is 0. The Bertz CT molecular complexity index is 856.